The average Bonchev–Trinajstić information content (AvgIpc) is 2.38. The average molecular weight is 269 g/mol. The number of benzene rings is 1. The maximum absolute atomic E-state index is 12.2. The first kappa shape index (κ1) is 14.2. The summed E-state index contributed by atoms with van der Waals surface area (Å²) in [5.74, 6) is -0.241. The lowest BCUT2D eigenvalue weighted by atomic mass is 9.86. The Balaban J connectivity index is 2.26. The topological polar surface area (TPSA) is 54.9 Å². The molecule has 1 heterocycles. The van der Waals surface area contributed by atoms with Crippen molar-refractivity contribution in [2.45, 2.75) is 33.1 Å². The minimum atomic E-state index is -0.241. The van der Waals surface area contributed by atoms with Crippen molar-refractivity contribution >= 4 is 11.6 Å². The molecule has 1 amide bonds. The minimum absolute atomic E-state index is 0.0389. The number of aromatic nitrogens is 2. The number of amides is 1. The lowest BCUT2D eigenvalue weighted by molar-refractivity contribution is 0.102. The molecule has 0 bridgehead atoms. The Hall–Kier alpha value is -2.23. The summed E-state index contributed by atoms with van der Waals surface area (Å²) >= 11 is 0. The number of nitrogens with zero attached hydrogens (tertiary/aromatic N) is 2. The molecule has 0 aliphatic heterocycles. The van der Waals surface area contributed by atoms with Gasteiger partial charge in [0.15, 0.2) is 0 Å². The number of carbonyl (C=O) groups excluding carboxylic acids is 1. The standard InChI is InChI=1S/C16H19N3O/c1-11-9-18-14(10-17-11)15(20)19-13-8-6-5-7-12(13)16(2,3)4/h5-10H,1-4H3,(H,19,20). The van der Waals surface area contributed by atoms with Crippen LogP contribution in [0.15, 0.2) is 36.7 Å². The van der Waals surface area contributed by atoms with Gasteiger partial charge in [0.2, 0.25) is 0 Å². The second kappa shape index (κ2) is 5.41. The van der Waals surface area contributed by atoms with Gasteiger partial charge in [0.05, 0.1) is 11.9 Å². The monoisotopic (exact) mass is 269 g/mol. The van der Waals surface area contributed by atoms with Crippen LogP contribution in [0, 0.1) is 6.92 Å². The van der Waals surface area contributed by atoms with E-state index in [9.17, 15) is 4.79 Å². The Morgan fingerprint density at radius 1 is 1.10 bits per heavy atom. The van der Waals surface area contributed by atoms with Gasteiger partial charge in [-0.2, -0.15) is 0 Å². The zero-order chi connectivity index (χ0) is 14.8. The van der Waals surface area contributed by atoms with Crippen LogP contribution in [0.25, 0.3) is 0 Å². The molecule has 0 atom stereocenters. The van der Waals surface area contributed by atoms with Crippen molar-refractivity contribution in [2.24, 2.45) is 0 Å². The lowest BCUT2D eigenvalue weighted by Crippen LogP contribution is -2.19. The van der Waals surface area contributed by atoms with Gasteiger partial charge in [0, 0.05) is 11.9 Å². The van der Waals surface area contributed by atoms with Crippen LogP contribution in [-0.2, 0) is 5.41 Å². The van der Waals surface area contributed by atoms with Crippen molar-refractivity contribution in [3.8, 4) is 0 Å². The van der Waals surface area contributed by atoms with Crippen molar-refractivity contribution < 1.29 is 4.79 Å². The fourth-order valence-corrected chi connectivity index (χ4v) is 1.94. The summed E-state index contributed by atoms with van der Waals surface area (Å²) in [6.07, 6.45) is 3.08. The first-order valence-corrected chi connectivity index (χ1v) is 6.57. The molecule has 0 radical (unpaired) electrons. The van der Waals surface area contributed by atoms with Crippen LogP contribution in [-0.4, -0.2) is 15.9 Å². The van der Waals surface area contributed by atoms with E-state index in [-0.39, 0.29) is 11.3 Å². The van der Waals surface area contributed by atoms with E-state index in [1.54, 1.807) is 6.20 Å². The summed E-state index contributed by atoms with van der Waals surface area (Å²) in [6.45, 7) is 8.18. The number of nitrogens with one attached hydrogen (secondary N) is 1. The molecule has 4 heteroatoms. The molecular weight excluding hydrogens is 250 g/mol. The predicted octanol–water partition coefficient (Wildman–Crippen LogP) is 3.33. The van der Waals surface area contributed by atoms with Gasteiger partial charge in [-0.05, 0) is 24.0 Å². The number of hydrogen-bond donors (Lipinski definition) is 1. The first-order valence-electron chi connectivity index (χ1n) is 6.57. The normalized spacial score (nSPS) is 11.2. The summed E-state index contributed by atoms with van der Waals surface area (Å²) in [4.78, 5) is 20.4. The third kappa shape index (κ3) is 3.20. The van der Waals surface area contributed by atoms with E-state index in [2.05, 4.69) is 36.1 Å². The third-order valence-electron chi connectivity index (χ3n) is 3.00. The van der Waals surface area contributed by atoms with Crippen molar-refractivity contribution in [2.75, 3.05) is 5.32 Å². The summed E-state index contributed by atoms with van der Waals surface area (Å²) in [6, 6.07) is 7.81. The van der Waals surface area contributed by atoms with Gasteiger partial charge < -0.3 is 5.32 Å². The summed E-state index contributed by atoms with van der Waals surface area (Å²) in [5, 5.41) is 2.91. The van der Waals surface area contributed by atoms with Crippen molar-refractivity contribution in [1.29, 1.82) is 0 Å². The van der Waals surface area contributed by atoms with Crippen LogP contribution in [0.3, 0.4) is 0 Å². The van der Waals surface area contributed by atoms with Crippen molar-refractivity contribution in [3.63, 3.8) is 0 Å². The van der Waals surface area contributed by atoms with E-state index < -0.39 is 0 Å². The van der Waals surface area contributed by atoms with E-state index in [4.69, 9.17) is 0 Å². The molecule has 2 aromatic rings. The Labute approximate surface area is 119 Å². The number of hydrogen-bond acceptors (Lipinski definition) is 3. The SMILES string of the molecule is Cc1cnc(C(=O)Nc2ccccc2C(C)(C)C)cn1. The minimum Gasteiger partial charge on any atom is -0.320 e. The van der Waals surface area contributed by atoms with E-state index >= 15 is 0 Å². The third-order valence-corrected chi connectivity index (χ3v) is 3.00. The lowest BCUT2D eigenvalue weighted by Gasteiger charge is -2.22. The highest BCUT2D eigenvalue weighted by Gasteiger charge is 2.19. The van der Waals surface area contributed by atoms with Gasteiger partial charge in [0.1, 0.15) is 5.69 Å². The number of aryl methyl sites for hydroxylation is 1. The molecule has 0 fully saturated rings. The summed E-state index contributed by atoms with van der Waals surface area (Å²) in [7, 11) is 0. The van der Waals surface area contributed by atoms with Crippen LogP contribution in [0.4, 0.5) is 5.69 Å². The van der Waals surface area contributed by atoms with Gasteiger partial charge in [-0.3, -0.25) is 9.78 Å². The van der Waals surface area contributed by atoms with Crippen LogP contribution >= 0.6 is 0 Å². The van der Waals surface area contributed by atoms with Crippen LogP contribution < -0.4 is 5.32 Å². The Kier molecular flexibility index (Phi) is 3.84. The number of carbonyl (C=O) groups is 1. The van der Waals surface area contributed by atoms with Gasteiger partial charge in [-0.15, -0.1) is 0 Å². The first-order chi connectivity index (χ1) is 9.38. The van der Waals surface area contributed by atoms with Crippen LogP contribution in [0.5, 0.6) is 0 Å². The second-order valence-corrected chi connectivity index (χ2v) is 5.79. The van der Waals surface area contributed by atoms with E-state index in [0.29, 0.717) is 5.69 Å². The zero-order valence-corrected chi connectivity index (χ0v) is 12.3. The summed E-state index contributed by atoms with van der Waals surface area (Å²) < 4.78 is 0. The van der Waals surface area contributed by atoms with Crippen molar-refractivity contribution in [3.05, 3.63) is 53.6 Å². The van der Waals surface area contributed by atoms with Crippen LogP contribution in [0.1, 0.15) is 42.5 Å². The Morgan fingerprint density at radius 3 is 2.40 bits per heavy atom. The molecule has 20 heavy (non-hydrogen) atoms. The molecule has 4 nitrogen and oxygen atoms in total. The van der Waals surface area contributed by atoms with Crippen molar-refractivity contribution in [1.82, 2.24) is 9.97 Å². The van der Waals surface area contributed by atoms with Gasteiger partial charge in [-0.25, -0.2) is 4.98 Å². The number of rotatable bonds is 2. The predicted molar refractivity (Wildman–Crippen MR) is 79.9 cm³/mol. The zero-order valence-electron chi connectivity index (χ0n) is 12.3. The molecule has 0 aliphatic carbocycles. The molecule has 2 rings (SSSR count). The van der Waals surface area contributed by atoms with E-state index in [1.165, 1.54) is 6.20 Å². The second-order valence-electron chi connectivity index (χ2n) is 5.79. The molecule has 0 aliphatic rings. The highest BCUT2D eigenvalue weighted by Crippen LogP contribution is 2.29. The van der Waals surface area contributed by atoms with Gasteiger partial charge in [0.25, 0.3) is 5.91 Å². The Bertz CT molecular complexity index is 612. The quantitative estimate of drug-likeness (QED) is 0.909. The molecule has 0 spiro atoms. The van der Waals surface area contributed by atoms with E-state index in [0.717, 1.165) is 16.9 Å². The fraction of sp³-hybridized carbons (Fsp3) is 0.312. The molecule has 1 aromatic heterocycles. The van der Waals surface area contributed by atoms with Crippen LogP contribution in [0.2, 0.25) is 0 Å². The number of para-hydroxylation sites is 1. The molecule has 1 N–H and O–H groups in total. The van der Waals surface area contributed by atoms with Gasteiger partial charge in [-0.1, -0.05) is 39.0 Å². The maximum atomic E-state index is 12.2. The Morgan fingerprint density at radius 2 is 1.80 bits per heavy atom. The van der Waals surface area contributed by atoms with E-state index in [1.807, 2.05) is 31.2 Å². The fourth-order valence-electron chi connectivity index (χ4n) is 1.94. The maximum Gasteiger partial charge on any atom is 0.275 e. The molecular formula is C16H19N3O. The molecule has 104 valence electrons. The summed E-state index contributed by atoms with van der Waals surface area (Å²) in [5.41, 5.74) is 2.97. The highest BCUT2D eigenvalue weighted by atomic mass is 16.1. The highest BCUT2D eigenvalue weighted by molar-refractivity contribution is 6.03. The smallest absolute Gasteiger partial charge is 0.275 e. The van der Waals surface area contributed by atoms with Gasteiger partial charge >= 0.3 is 0 Å². The molecule has 0 saturated carbocycles. The largest absolute Gasteiger partial charge is 0.320 e. The molecule has 0 unspecified atom stereocenters. The number of anilines is 1. The molecule has 1 aromatic carbocycles. The molecule has 0 saturated heterocycles.